The number of hydrogen-bond acceptors (Lipinski definition) is 3. The first-order valence-corrected chi connectivity index (χ1v) is 5.80. The molecule has 0 spiro atoms. The van der Waals surface area contributed by atoms with Crippen molar-refractivity contribution >= 4 is 5.97 Å². The highest BCUT2D eigenvalue weighted by atomic mass is 16.5. The molecular formula is C14H14O3. The van der Waals surface area contributed by atoms with Gasteiger partial charge in [-0.2, -0.15) is 0 Å². The number of ether oxygens (including phenoxy) is 1. The second-order valence-electron chi connectivity index (χ2n) is 4.88. The molecule has 1 aromatic rings. The first kappa shape index (κ1) is 10.4. The number of aromatic hydroxyl groups is 1. The van der Waals surface area contributed by atoms with Gasteiger partial charge in [-0.25, -0.2) is 4.79 Å². The molecule has 3 nitrogen and oxygen atoms in total. The summed E-state index contributed by atoms with van der Waals surface area (Å²) in [5.74, 6) is 0.0256. The van der Waals surface area contributed by atoms with Gasteiger partial charge in [0.15, 0.2) is 0 Å². The van der Waals surface area contributed by atoms with Gasteiger partial charge in [0.05, 0.1) is 5.56 Å². The lowest BCUT2D eigenvalue weighted by molar-refractivity contribution is 0.0254. The Morgan fingerprint density at radius 1 is 1.53 bits per heavy atom. The van der Waals surface area contributed by atoms with E-state index in [1.807, 2.05) is 6.92 Å². The molecule has 0 saturated heterocycles. The topological polar surface area (TPSA) is 46.5 Å². The lowest BCUT2D eigenvalue weighted by atomic mass is 9.78. The number of esters is 1. The molecule has 1 aliphatic carbocycles. The summed E-state index contributed by atoms with van der Waals surface area (Å²) in [5, 5.41) is 9.59. The molecular weight excluding hydrogens is 216 g/mol. The van der Waals surface area contributed by atoms with Crippen LogP contribution in [0.3, 0.4) is 0 Å². The number of phenolic OH excluding ortho intramolecular Hbond substituents is 1. The highest BCUT2D eigenvalue weighted by Crippen LogP contribution is 2.47. The van der Waals surface area contributed by atoms with Crippen molar-refractivity contribution in [1.29, 1.82) is 0 Å². The van der Waals surface area contributed by atoms with Crippen molar-refractivity contribution in [3.8, 4) is 5.75 Å². The summed E-state index contributed by atoms with van der Waals surface area (Å²) < 4.78 is 5.43. The first-order chi connectivity index (χ1) is 8.08. The molecule has 1 aromatic carbocycles. The predicted molar refractivity (Wildman–Crippen MR) is 62.9 cm³/mol. The molecule has 0 aromatic heterocycles. The Hall–Kier alpha value is -1.77. The van der Waals surface area contributed by atoms with E-state index < -0.39 is 0 Å². The number of carbonyl (C=O) groups is 1. The quantitative estimate of drug-likeness (QED) is 0.596. The van der Waals surface area contributed by atoms with E-state index in [1.165, 1.54) is 6.07 Å². The SMILES string of the molecule is C=C(C)[C@H]1CCc2cc(O)cc3c2[C@@H]1OC3=O. The number of phenols is 1. The van der Waals surface area contributed by atoms with Crippen LogP contribution in [0.1, 0.15) is 40.9 Å². The van der Waals surface area contributed by atoms with E-state index in [2.05, 4.69) is 6.58 Å². The van der Waals surface area contributed by atoms with Gasteiger partial charge in [0.1, 0.15) is 11.9 Å². The molecule has 0 amide bonds. The fraction of sp³-hybridized carbons (Fsp3) is 0.357. The van der Waals surface area contributed by atoms with E-state index in [1.54, 1.807) is 6.07 Å². The van der Waals surface area contributed by atoms with Crippen molar-refractivity contribution in [2.45, 2.75) is 25.9 Å². The van der Waals surface area contributed by atoms with Crippen molar-refractivity contribution in [2.75, 3.05) is 0 Å². The van der Waals surface area contributed by atoms with Crippen LogP contribution in [0.25, 0.3) is 0 Å². The predicted octanol–water partition coefficient (Wildman–Crippen LogP) is 2.74. The van der Waals surface area contributed by atoms with Crippen LogP contribution >= 0.6 is 0 Å². The maximum atomic E-state index is 11.8. The number of carbonyl (C=O) groups excluding carboxylic acids is 1. The molecule has 0 bridgehead atoms. The van der Waals surface area contributed by atoms with Gasteiger partial charge in [-0.1, -0.05) is 12.2 Å². The average Bonchev–Trinajstić information content (AvgIpc) is 2.57. The van der Waals surface area contributed by atoms with E-state index in [-0.39, 0.29) is 23.7 Å². The van der Waals surface area contributed by atoms with E-state index >= 15 is 0 Å². The van der Waals surface area contributed by atoms with Gasteiger partial charge in [-0.05, 0) is 37.5 Å². The lowest BCUT2D eigenvalue weighted by Crippen LogP contribution is -2.20. The summed E-state index contributed by atoms with van der Waals surface area (Å²) >= 11 is 0. The molecule has 17 heavy (non-hydrogen) atoms. The van der Waals surface area contributed by atoms with Gasteiger partial charge in [0.2, 0.25) is 0 Å². The lowest BCUT2D eigenvalue weighted by Gasteiger charge is -2.29. The molecule has 0 unspecified atom stereocenters. The van der Waals surface area contributed by atoms with Crippen LogP contribution in [0.2, 0.25) is 0 Å². The normalized spacial score (nSPS) is 25.4. The van der Waals surface area contributed by atoms with Crippen molar-refractivity contribution in [1.82, 2.24) is 0 Å². The summed E-state index contributed by atoms with van der Waals surface area (Å²) in [6.45, 7) is 5.95. The van der Waals surface area contributed by atoms with Gasteiger partial charge in [0.25, 0.3) is 0 Å². The van der Waals surface area contributed by atoms with Gasteiger partial charge >= 0.3 is 5.97 Å². The zero-order valence-corrected chi connectivity index (χ0v) is 9.69. The summed E-state index contributed by atoms with van der Waals surface area (Å²) in [6.07, 6.45) is 1.59. The third-order valence-corrected chi connectivity index (χ3v) is 3.71. The van der Waals surface area contributed by atoms with Crippen LogP contribution in [-0.4, -0.2) is 11.1 Å². The minimum Gasteiger partial charge on any atom is -0.508 e. The maximum Gasteiger partial charge on any atom is 0.339 e. The summed E-state index contributed by atoms with van der Waals surface area (Å²) in [4.78, 5) is 11.8. The van der Waals surface area contributed by atoms with Crippen molar-refractivity contribution in [2.24, 2.45) is 5.92 Å². The fourth-order valence-corrected chi connectivity index (χ4v) is 2.90. The molecule has 0 fully saturated rings. The van der Waals surface area contributed by atoms with Crippen LogP contribution in [0, 0.1) is 5.92 Å². The van der Waals surface area contributed by atoms with Crippen molar-refractivity contribution < 1.29 is 14.6 Å². The zero-order chi connectivity index (χ0) is 12.2. The van der Waals surface area contributed by atoms with Crippen LogP contribution in [0.5, 0.6) is 5.75 Å². The molecule has 2 aliphatic rings. The Balaban J connectivity index is 2.18. The molecule has 1 aliphatic heterocycles. The third-order valence-electron chi connectivity index (χ3n) is 3.71. The van der Waals surface area contributed by atoms with E-state index in [0.29, 0.717) is 5.56 Å². The Kier molecular flexibility index (Phi) is 2.05. The first-order valence-electron chi connectivity index (χ1n) is 5.80. The fourth-order valence-electron chi connectivity index (χ4n) is 2.90. The third kappa shape index (κ3) is 1.38. The Morgan fingerprint density at radius 2 is 2.29 bits per heavy atom. The highest BCUT2D eigenvalue weighted by molar-refractivity contribution is 5.95. The van der Waals surface area contributed by atoms with E-state index in [0.717, 1.165) is 29.5 Å². The second-order valence-corrected chi connectivity index (χ2v) is 4.88. The molecule has 2 atom stereocenters. The molecule has 1 N–H and O–H groups in total. The van der Waals surface area contributed by atoms with Crippen LogP contribution in [0.15, 0.2) is 24.3 Å². The minimum atomic E-state index is -0.324. The summed E-state index contributed by atoms with van der Waals surface area (Å²) in [7, 11) is 0. The van der Waals surface area contributed by atoms with E-state index in [4.69, 9.17) is 4.74 Å². The number of benzene rings is 1. The number of hydrogen-bond donors (Lipinski definition) is 1. The van der Waals surface area contributed by atoms with Crippen molar-refractivity contribution in [3.05, 3.63) is 41.0 Å². The van der Waals surface area contributed by atoms with Crippen molar-refractivity contribution in [3.63, 3.8) is 0 Å². The maximum absolute atomic E-state index is 11.8. The molecule has 1 heterocycles. The second kappa shape index (κ2) is 3.36. The van der Waals surface area contributed by atoms with Gasteiger partial charge in [-0.3, -0.25) is 0 Å². The molecule has 0 saturated carbocycles. The molecule has 3 heteroatoms. The Bertz CT molecular complexity index is 531. The van der Waals surface area contributed by atoms with Gasteiger partial charge < -0.3 is 9.84 Å². The zero-order valence-electron chi connectivity index (χ0n) is 9.69. The average molecular weight is 230 g/mol. The van der Waals surface area contributed by atoms with Gasteiger partial charge in [0, 0.05) is 11.5 Å². The summed E-state index contributed by atoms with van der Waals surface area (Å²) in [6, 6.07) is 3.24. The Morgan fingerprint density at radius 3 is 3.00 bits per heavy atom. The number of rotatable bonds is 1. The van der Waals surface area contributed by atoms with Gasteiger partial charge in [-0.15, -0.1) is 0 Å². The smallest absolute Gasteiger partial charge is 0.339 e. The summed E-state index contributed by atoms with van der Waals surface area (Å²) in [5.41, 5.74) is 3.57. The van der Waals surface area contributed by atoms with Crippen LogP contribution in [-0.2, 0) is 11.2 Å². The monoisotopic (exact) mass is 230 g/mol. The minimum absolute atomic E-state index is 0.144. The van der Waals surface area contributed by atoms with Crippen LogP contribution in [0.4, 0.5) is 0 Å². The van der Waals surface area contributed by atoms with E-state index in [9.17, 15) is 9.90 Å². The number of aryl methyl sites for hydroxylation is 1. The molecule has 88 valence electrons. The highest BCUT2D eigenvalue weighted by Gasteiger charge is 2.41. The molecule has 0 radical (unpaired) electrons. The standard InChI is InChI=1S/C14H14O3/c1-7(2)10-4-3-8-5-9(15)6-11-12(8)13(10)17-14(11)16/h5-6,10,13,15H,1,3-4H2,2H3/t10-,13-/m1/s1. The molecule has 3 rings (SSSR count). The van der Waals surface area contributed by atoms with Crippen LogP contribution < -0.4 is 0 Å². The largest absolute Gasteiger partial charge is 0.508 e. The Labute approximate surface area is 99.7 Å².